The number of carboxylic acid groups (broad SMARTS) is 1. The van der Waals surface area contributed by atoms with Gasteiger partial charge in [0, 0.05) is 13.1 Å². The summed E-state index contributed by atoms with van der Waals surface area (Å²) < 4.78 is 0. The number of rotatable bonds is 3. The van der Waals surface area contributed by atoms with Gasteiger partial charge in [-0.25, -0.2) is 9.59 Å². The highest BCUT2D eigenvalue weighted by Gasteiger charge is 2.27. The number of carboxylic acids is 1. The number of carbonyl (C=O) groups is 3. The van der Waals surface area contributed by atoms with Gasteiger partial charge in [-0.3, -0.25) is 4.79 Å². The lowest BCUT2D eigenvalue weighted by molar-refractivity contribution is -0.133. The number of hydrogen-bond acceptors (Lipinski definition) is 3. The van der Waals surface area contributed by atoms with E-state index in [2.05, 4.69) is 5.32 Å². The largest absolute Gasteiger partial charge is 0.478 e. The fourth-order valence-corrected chi connectivity index (χ4v) is 2.23. The molecule has 0 radical (unpaired) electrons. The maximum Gasteiger partial charge on any atom is 0.335 e. The van der Waals surface area contributed by atoms with E-state index in [0.29, 0.717) is 13.1 Å². The zero-order valence-corrected chi connectivity index (χ0v) is 10.9. The lowest BCUT2D eigenvalue weighted by atomic mass is 10.1. The van der Waals surface area contributed by atoms with Crippen LogP contribution in [0.1, 0.15) is 28.4 Å². The number of carbonyl (C=O) groups excluding carboxylic acids is 2. The molecule has 20 heavy (non-hydrogen) atoms. The van der Waals surface area contributed by atoms with E-state index in [1.54, 1.807) is 24.0 Å². The number of nitrogens with one attached hydrogen (secondary N) is 1. The van der Waals surface area contributed by atoms with Crippen LogP contribution in [0.2, 0.25) is 0 Å². The first-order chi connectivity index (χ1) is 9.38. The number of primary amides is 1. The topological polar surface area (TPSA) is 113 Å². The molecule has 0 aromatic heterocycles. The maximum atomic E-state index is 12.1. The molecule has 0 bridgehead atoms. The molecule has 0 saturated carbocycles. The second kappa shape index (κ2) is 5.20. The first kappa shape index (κ1) is 13.9. The second-order valence-corrected chi connectivity index (χ2v) is 4.71. The molecule has 1 heterocycles. The molecule has 0 fully saturated rings. The summed E-state index contributed by atoms with van der Waals surface area (Å²) in [5.74, 6) is -1.25. The van der Waals surface area contributed by atoms with Crippen molar-refractivity contribution in [3.8, 4) is 0 Å². The van der Waals surface area contributed by atoms with E-state index in [-0.39, 0.29) is 11.5 Å². The molecule has 1 aromatic carbocycles. The number of urea groups is 1. The molecular formula is C13H15N3O4. The molecule has 0 saturated heterocycles. The summed E-state index contributed by atoms with van der Waals surface area (Å²) in [6, 6.07) is 3.33. The number of nitrogens with two attached hydrogens (primary N) is 1. The Kier molecular flexibility index (Phi) is 3.60. The van der Waals surface area contributed by atoms with Gasteiger partial charge in [-0.15, -0.1) is 0 Å². The van der Waals surface area contributed by atoms with Crippen LogP contribution in [0, 0.1) is 0 Å². The Morgan fingerprint density at radius 3 is 2.55 bits per heavy atom. The molecule has 1 aliphatic rings. The SMILES string of the molecule is CC(NC(N)=O)C(=O)N1Cc2ccc(C(=O)O)cc2C1. The summed E-state index contributed by atoms with van der Waals surface area (Å²) in [5, 5.41) is 11.3. The van der Waals surface area contributed by atoms with Gasteiger partial charge in [0.05, 0.1) is 5.56 Å². The van der Waals surface area contributed by atoms with E-state index in [0.717, 1.165) is 11.1 Å². The van der Waals surface area contributed by atoms with Crippen LogP contribution >= 0.6 is 0 Å². The van der Waals surface area contributed by atoms with E-state index in [1.807, 2.05) is 0 Å². The Labute approximate surface area is 115 Å². The molecule has 7 nitrogen and oxygen atoms in total. The quantitative estimate of drug-likeness (QED) is 0.736. The first-order valence-electron chi connectivity index (χ1n) is 6.08. The first-order valence-corrected chi connectivity index (χ1v) is 6.08. The molecule has 1 atom stereocenters. The van der Waals surface area contributed by atoms with Crippen LogP contribution in [0.4, 0.5) is 4.79 Å². The zero-order valence-electron chi connectivity index (χ0n) is 10.9. The molecule has 1 aromatic rings. The lowest BCUT2D eigenvalue weighted by Crippen LogP contribution is -2.47. The van der Waals surface area contributed by atoms with E-state index in [4.69, 9.17) is 10.8 Å². The zero-order chi connectivity index (χ0) is 14.9. The molecular weight excluding hydrogens is 262 g/mol. The second-order valence-electron chi connectivity index (χ2n) is 4.71. The number of benzene rings is 1. The number of amides is 3. The van der Waals surface area contributed by atoms with Crippen molar-refractivity contribution in [2.45, 2.75) is 26.1 Å². The average molecular weight is 277 g/mol. The maximum absolute atomic E-state index is 12.1. The minimum atomic E-state index is -0.999. The van der Waals surface area contributed by atoms with Crippen molar-refractivity contribution in [2.75, 3.05) is 0 Å². The van der Waals surface area contributed by atoms with Crippen LogP contribution in [0.25, 0.3) is 0 Å². The lowest BCUT2D eigenvalue weighted by Gasteiger charge is -2.20. The molecule has 3 amide bonds. The van der Waals surface area contributed by atoms with Gasteiger partial charge in [0.1, 0.15) is 6.04 Å². The third-order valence-corrected chi connectivity index (χ3v) is 3.22. The molecule has 0 aliphatic carbocycles. The van der Waals surface area contributed by atoms with E-state index < -0.39 is 18.0 Å². The molecule has 106 valence electrons. The summed E-state index contributed by atoms with van der Waals surface area (Å²) in [6.45, 7) is 2.29. The van der Waals surface area contributed by atoms with Gasteiger partial charge >= 0.3 is 12.0 Å². The summed E-state index contributed by atoms with van der Waals surface area (Å²) in [6.07, 6.45) is 0. The molecule has 7 heteroatoms. The number of hydrogen-bond donors (Lipinski definition) is 3. The summed E-state index contributed by atoms with van der Waals surface area (Å²) >= 11 is 0. The van der Waals surface area contributed by atoms with Crippen molar-refractivity contribution in [2.24, 2.45) is 5.73 Å². The van der Waals surface area contributed by atoms with Gasteiger partial charge in [0.25, 0.3) is 0 Å². The van der Waals surface area contributed by atoms with Crippen LogP contribution in [-0.2, 0) is 17.9 Å². The van der Waals surface area contributed by atoms with Crippen LogP contribution in [0.3, 0.4) is 0 Å². The third-order valence-electron chi connectivity index (χ3n) is 3.22. The predicted molar refractivity (Wildman–Crippen MR) is 69.8 cm³/mol. The van der Waals surface area contributed by atoms with E-state index >= 15 is 0 Å². The van der Waals surface area contributed by atoms with E-state index in [9.17, 15) is 14.4 Å². The summed E-state index contributed by atoms with van der Waals surface area (Å²) in [7, 11) is 0. The van der Waals surface area contributed by atoms with Gasteiger partial charge in [0.15, 0.2) is 0 Å². The van der Waals surface area contributed by atoms with Crippen molar-refractivity contribution in [3.05, 3.63) is 34.9 Å². The number of aromatic carboxylic acids is 1. The highest BCUT2D eigenvalue weighted by molar-refractivity contribution is 5.89. The molecule has 1 unspecified atom stereocenters. The van der Waals surface area contributed by atoms with E-state index in [1.165, 1.54) is 6.07 Å². The fraction of sp³-hybridized carbons (Fsp3) is 0.308. The van der Waals surface area contributed by atoms with Gasteiger partial charge < -0.3 is 21.1 Å². The van der Waals surface area contributed by atoms with Gasteiger partial charge in [-0.1, -0.05) is 6.07 Å². The highest BCUT2D eigenvalue weighted by Crippen LogP contribution is 2.24. The summed E-state index contributed by atoms with van der Waals surface area (Å²) in [4.78, 5) is 35.3. The molecule has 2 rings (SSSR count). The molecule has 4 N–H and O–H groups in total. The number of fused-ring (bicyclic) bond motifs is 1. The molecule has 0 spiro atoms. The van der Waals surface area contributed by atoms with Crippen LogP contribution in [0.5, 0.6) is 0 Å². The Hall–Kier alpha value is -2.57. The predicted octanol–water partition coefficient (Wildman–Crippen LogP) is 0.284. The minimum absolute atomic E-state index is 0.196. The van der Waals surface area contributed by atoms with Crippen molar-refractivity contribution in [1.29, 1.82) is 0 Å². The van der Waals surface area contributed by atoms with Crippen LogP contribution in [0.15, 0.2) is 18.2 Å². The highest BCUT2D eigenvalue weighted by atomic mass is 16.4. The van der Waals surface area contributed by atoms with Crippen LogP contribution < -0.4 is 11.1 Å². The summed E-state index contributed by atoms with van der Waals surface area (Å²) in [5.41, 5.74) is 6.90. The Bertz CT molecular complexity index is 585. The normalized spacial score (nSPS) is 14.6. The minimum Gasteiger partial charge on any atom is -0.478 e. The standard InChI is InChI=1S/C13H15N3O4/c1-7(15-13(14)20)11(17)16-5-9-3-2-8(12(18)19)4-10(9)6-16/h2-4,7H,5-6H2,1H3,(H,18,19)(H3,14,15,20). The smallest absolute Gasteiger partial charge is 0.335 e. The van der Waals surface area contributed by atoms with Gasteiger partial charge in [-0.05, 0) is 30.2 Å². The molecule has 1 aliphatic heterocycles. The fourth-order valence-electron chi connectivity index (χ4n) is 2.23. The van der Waals surface area contributed by atoms with Gasteiger partial charge in [0.2, 0.25) is 5.91 Å². The van der Waals surface area contributed by atoms with Crippen LogP contribution in [-0.4, -0.2) is 34.0 Å². The Morgan fingerprint density at radius 2 is 1.95 bits per heavy atom. The van der Waals surface area contributed by atoms with Crippen molar-refractivity contribution in [1.82, 2.24) is 10.2 Å². The number of nitrogens with zero attached hydrogens (tertiary/aromatic N) is 1. The van der Waals surface area contributed by atoms with Gasteiger partial charge in [-0.2, -0.15) is 0 Å². The van der Waals surface area contributed by atoms with Crippen molar-refractivity contribution in [3.63, 3.8) is 0 Å². The third kappa shape index (κ3) is 2.71. The average Bonchev–Trinajstić information content (AvgIpc) is 2.79. The Morgan fingerprint density at radius 1 is 1.30 bits per heavy atom. The Balaban J connectivity index is 2.11. The monoisotopic (exact) mass is 277 g/mol. The van der Waals surface area contributed by atoms with Crippen molar-refractivity contribution < 1.29 is 19.5 Å². The van der Waals surface area contributed by atoms with Crippen molar-refractivity contribution >= 4 is 17.9 Å².